The Morgan fingerprint density at radius 3 is 2.43 bits per heavy atom. The maximum Gasteiger partial charge on any atom is 0.250 e. The zero-order valence-corrected chi connectivity index (χ0v) is 16.6. The second-order valence-corrected chi connectivity index (χ2v) is 7.97. The molecule has 154 valence electrons. The van der Waals surface area contributed by atoms with Crippen molar-refractivity contribution in [2.45, 2.75) is 31.9 Å². The third-order valence-electron chi connectivity index (χ3n) is 5.67. The monoisotopic (exact) mass is 407 g/mol. The van der Waals surface area contributed by atoms with E-state index >= 15 is 0 Å². The number of para-hydroxylation sites is 1. The van der Waals surface area contributed by atoms with Gasteiger partial charge >= 0.3 is 0 Å². The summed E-state index contributed by atoms with van der Waals surface area (Å²) in [6.45, 7) is 2.00. The minimum absolute atomic E-state index is 0.0921. The summed E-state index contributed by atoms with van der Waals surface area (Å²) in [5, 5.41) is 5.84. The van der Waals surface area contributed by atoms with Gasteiger partial charge in [0.15, 0.2) is 5.76 Å². The lowest BCUT2D eigenvalue weighted by Gasteiger charge is -2.31. The maximum absolute atomic E-state index is 13.6. The quantitative estimate of drug-likeness (QED) is 0.433. The molecule has 6 heteroatoms. The van der Waals surface area contributed by atoms with Crippen LogP contribution >= 0.6 is 0 Å². The molecule has 2 aromatic carbocycles. The van der Waals surface area contributed by atoms with Crippen LogP contribution in [0.1, 0.15) is 24.0 Å². The second kappa shape index (κ2) is 7.69. The van der Waals surface area contributed by atoms with Gasteiger partial charge < -0.3 is 4.42 Å². The predicted octanol–water partition coefficient (Wildman–Crippen LogP) is 5.58. The number of halogens is 2. The molecule has 4 aromatic rings. The zero-order chi connectivity index (χ0) is 20.6. The number of furan rings is 1. The van der Waals surface area contributed by atoms with Gasteiger partial charge in [0.1, 0.15) is 11.3 Å². The molecule has 2 aromatic heterocycles. The number of alkyl halides is 2. The molecule has 1 aliphatic heterocycles. The van der Waals surface area contributed by atoms with Crippen LogP contribution in [0.25, 0.3) is 22.4 Å². The smallest absolute Gasteiger partial charge is 0.250 e. The van der Waals surface area contributed by atoms with E-state index < -0.39 is 5.92 Å². The molecule has 4 nitrogen and oxygen atoms in total. The lowest BCUT2D eigenvalue weighted by Crippen LogP contribution is -2.38. The molecule has 5 rings (SSSR count). The van der Waals surface area contributed by atoms with Gasteiger partial charge in [-0.3, -0.25) is 9.58 Å². The van der Waals surface area contributed by atoms with E-state index in [1.807, 2.05) is 59.4 Å². The fraction of sp³-hybridized carbons (Fsp3) is 0.292. The summed E-state index contributed by atoms with van der Waals surface area (Å²) in [6.07, 6.45) is 1.83. The van der Waals surface area contributed by atoms with E-state index in [9.17, 15) is 8.78 Å². The van der Waals surface area contributed by atoms with Gasteiger partial charge in [-0.2, -0.15) is 5.10 Å². The van der Waals surface area contributed by atoms with Crippen LogP contribution in [-0.2, 0) is 13.1 Å². The minimum Gasteiger partial charge on any atom is -0.454 e. The Labute approximate surface area is 173 Å². The van der Waals surface area contributed by atoms with Crippen molar-refractivity contribution in [3.63, 3.8) is 0 Å². The summed E-state index contributed by atoms with van der Waals surface area (Å²) in [5.41, 5.74) is 3.74. The average molecular weight is 407 g/mol. The molecule has 0 spiro atoms. The number of likely N-dealkylation sites (tertiary alicyclic amines) is 1. The van der Waals surface area contributed by atoms with Gasteiger partial charge in [-0.1, -0.05) is 48.5 Å². The highest BCUT2D eigenvalue weighted by Crippen LogP contribution is 2.32. The zero-order valence-electron chi connectivity index (χ0n) is 16.6. The van der Waals surface area contributed by atoms with E-state index in [0.717, 1.165) is 27.8 Å². The van der Waals surface area contributed by atoms with Crippen LogP contribution in [0.2, 0.25) is 0 Å². The van der Waals surface area contributed by atoms with Gasteiger partial charge in [0, 0.05) is 49.6 Å². The van der Waals surface area contributed by atoms with Crippen LogP contribution in [0.5, 0.6) is 0 Å². The second-order valence-electron chi connectivity index (χ2n) is 7.97. The van der Waals surface area contributed by atoms with E-state index in [0.29, 0.717) is 31.9 Å². The third-order valence-corrected chi connectivity index (χ3v) is 5.67. The first-order chi connectivity index (χ1) is 14.6. The molecular weight excluding hydrogens is 384 g/mol. The highest BCUT2D eigenvalue weighted by Gasteiger charge is 2.34. The third kappa shape index (κ3) is 4.00. The first-order valence-corrected chi connectivity index (χ1v) is 10.3. The molecule has 0 amide bonds. The Morgan fingerprint density at radius 2 is 1.67 bits per heavy atom. The molecule has 1 fully saturated rings. The van der Waals surface area contributed by atoms with Crippen LogP contribution in [0.3, 0.4) is 0 Å². The molecule has 0 unspecified atom stereocenters. The van der Waals surface area contributed by atoms with Gasteiger partial charge in [0.05, 0.1) is 6.54 Å². The van der Waals surface area contributed by atoms with Crippen molar-refractivity contribution < 1.29 is 13.2 Å². The lowest BCUT2D eigenvalue weighted by molar-refractivity contribution is -0.0566. The largest absolute Gasteiger partial charge is 0.454 e. The predicted molar refractivity (Wildman–Crippen MR) is 112 cm³/mol. The summed E-state index contributed by atoms with van der Waals surface area (Å²) in [7, 11) is 0. The number of nitrogens with zero attached hydrogens (tertiary/aromatic N) is 3. The van der Waals surface area contributed by atoms with Crippen molar-refractivity contribution in [2.24, 2.45) is 0 Å². The molecule has 1 saturated heterocycles. The fourth-order valence-electron chi connectivity index (χ4n) is 4.02. The van der Waals surface area contributed by atoms with E-state index in [-0.39, 0.29) is 12.8 Å². The van der Waals surface area contributed by atoms with Crippen molar-refractivity contribution in [2.75, 3.05) is 13.1 Å². The number of aromatic nitrogens is 2. The molecule has 0 N–H and O–H groups in total. The number of hydrogen-bond acceptors (Lipinski definition) is 3. The van der Waals surface area contributed by atoms with Gasteiger partial charge in [-0.05, 0) is 17.7 Å². The first-order valence-electron chi connectivity index (χ1n) is 10.3. The number of hydrogen-bond donors (Lipinski definition) is 0. The average Bonchev–Trinajstić information content (AvgIpc) is 3.34. The van der Waals surface area contributed by atoms with E-state index in [2.05, 4.69) is 17.0 Å². The van der Waals surface area contributed by atoms with Gasteiger partial charge in [-0.15, -0.1) is 0 Å². The maximum atomic E-state index is 13.6. The van der Waals surface area contributed by atoms with Crippen molar-refractivity contribution in [3.8, 4) is 11.5 Å². The normalized spacial score (nSPS) is 16.9. The van der Waals surface area contributed by atoms with Crippen LogP contribution in [0, 0.1) is 0 Å². The first kappa shape index (κ1) is 19.0. The Hall–Kier alpha value is -2.99. The summed E-state index contributed by atoms with van der Waals surface area (Å²) in [5.74, 6) is -1.84. The van der Waals surface area contributed by atoms with E-state index in [1.165, 1.54) is 0 Å². The molecule has 0 bridgehead atoms. The SMILES string of the molecule is FC1(F)CCN(Cc2cn(Cc3ccccc3)nc2-c2cc3ccccc3o2)CC1. The number of piperidine rings is 1. The van der Waals surface area contributed by atoms with Crippen LogP contribution in [-0.4, -0.2) is 33.7 Å². The van der Waals surface area contributed by atoms with Crippen molar-refractivity contribution >= 4 is 11.0 Å². The van der Waals surface area contributed by atoms with Gasteiger partial charge in [-0.25, -0.2) is 8.78 Å². The summed E-state index contributed by atoms with van der Waals surface area (Å²) in [6, 6.07) is 20.0. The Balaban J connectivity index is 1.47. The van der Waals surface area contributed by atoms with Gasteiger partial charge in [0.25, 0.3) is 5.92 Å². The molecular formula is C24H23F2N3O. The van der Waals surface area contributed by atoms with Crippen molar-refractivity contribution in [1.29, 1.82) is 0 Å². The van der Waals surface area contributed by atoms with Crippen LogP contribution < -0.4 is 0 Å². The number of benzene rings is 2. The molecule has 30 heavy (non-hydrogen) atoms. The van der Waals surface area contributed by atoms with E-state index in [1.54, 1.807) is 0 Å². The Kier molecular flexibility index (Phi) is 4.87. The Morgan fingerprint density at radius 1 is 0.933 bits per heavy atom. The number of fused-ring (bicyclic) bond motifs is 1. The van der Waals surface area contributed by atoms with Crippen LogP contribution in [0.15, 0.2) is 71.3 Å². The van der Waals surface area contributed by atoms with Gasteiger partial charge in [0.2, 0.25) is 0 Å². The molecule has 3 heterocycles. The topological polar surface area (TPSA) is 34.2 Å². The van der Waals surface area contributed by atoms with E-state index in [4.69, 9.17) is 9.52 Å². The standard InChI is InChI=1S/C24H23F2N3O/c25-24(26)10-12-28(13-11-24)16-20-17-29(15-18-6-2-1-3-7-18)27-23(20)22-14-19-8-4-5-9-21(19)30-22/h1-9,14,17H,10-13,15-16H2. The molecule has 1 aliphatic rings. The summed E-state index contributed by atoms with van der Waals surface area (Å²) in [4.78, 5) is 2.08. The van der Waals surface area contributed by atoms with Crippen LogP contribution in [0.4, 0.5) is 8.78 Å². The highest BCUT2D eigenvalue weighted by molar-refractivity contribution is 5.82. The molecule has 0 aliphatic carbocycles. The minimum atomic E-state index is -2.55. The Bertz CT molecular complexity index is 1110. The molecule has 0 saturated carbocycles. The summed E-state index contributed by atoms with van der Waals surface area (Å²) < 4.78 is 35.1. The fourth-order valence-corrected chi connectivity index (χ4v) is 4.02. The number of rotatable bonds is 5. The van der Waals surface area contributed by atoms with Crippen molar-refractivity contribution in [1.82, 2.24) is 14.7 Å². The molecule has 0 radical (unpaired) electrons. The summed E-state index contributed by atoms with van der Waals surface area (Å²) >= 11 is 0. The lowest BCUT2D eigenvalue weighted by atomic mass is 10.1. The highest BCUT2D eigenvalue weighted by atomic mass is 19.3. The van der Waals surface area contributed by atoms with Crippen molar-refractivity contribution in [3.05, 3.63) is 78.0 Å². The molecule has 0 atom stereocenters.